The predicted octanol–water partition coefficient (Wildman–Crippen LogP) is 2.44. The minimum Gasteiger partial charge on any atom is -0.297 e. The molecule has 5 heteroatoms. The highest BCUT2D eigenvalue weighted by molar-refractivity contribution is 9.10. The Kier molecular flexibility index (Phi) is 3.47. The molecule has 90 valence electrons. The van der Waals surface area contributed by atoms with E-state index in [4.69, 9.17) is 0 Å². The van der Waals surface area contributed by atoms with Gasteiger partial charge in [-0.05, 0) is 41.9 Å². The summed E-state index contributed by atoms with van der Waals surface area (Å²) in [6, 6.07) is 4.01. The second-order valence-electron chi connectivity index (χ2n) is 4.18. The summed E-state index contributed by atoms with van der Waals surface area (Å²) in [7, 11) is 0. The van der Waals surface area contributed by atoms with Crippen molar-refractivity contribution >= 4 is 15.9 Å². The lowest BCUT2D eigenvalue weighted by molar-refractivity contribution is 0.560. The minimum atomic E-state index is 0.00437. The first kappa shape index (κ1) is 12.1. The van der Waals surface area contributed by atoms with Gasteiger partial charge in [0, 0.05) is 29.1 Å². The zero-order chi connectivity index (χ0) is 12.4. The number of hydrogen-bond acceptors (Lipinski definition) is 2. The summed E-state index contributed by atoms with van der Waals surface area (Å²) in [6.07, 6.45) is 5.34. The van der Waals surface area contributed by atoms with E-state index < -0.39 is 0 Å². The van der Waals surface area contributed by atoms with Crippen LogP contribution in [0.5, 0.6) is 0 Å². The van der Waals surface area contributed by atoms with Gasteiger partial charge in [-0.1, -0.05) is 0 Å². The average molecular weight is 296 g/mol. The maximum atomic E-state index is 12.0. The van der Waals surface area contributed by atoms with Crippen molar-refractivity contribution in [2.75, 3.05) is 0 Å². The molecule has 2 aromatic rings. The molecule has 0 aliphatic carbocycles. The number of pyridine rings is 1. The van der Waals surface area contributed by atoms with Gasteiger partial charge in [0.1, 0.15) is 0 Å². The number of aromatic nitrogens is 3. The molecule has 0 fully saturated rings. The van der Waals surface area contributed by atoms with Crippen molar-refractivity contribution in [2.24, 2.45) is 0 Å². The number of hydrogen-bond donors (Lipinski definition) is 0. The van der Waals surface area contributed by atoms with E-state index in [1.165, 1.54) is 0 Å². The highest BCUT2D eigenvalue weighted by Gasteiger charge is 2.06. The number of nitrogens with zero attached hydrogens (tertiary/aromatic N) is 3. The summed E-state index contributed by atoms with van der Waals surface area (Å²) >= 11 is 3.33. The lowest BCUT2D eigenvalue weighted by Crippen LogP contribution is -2.25. The van der Waals surface area contributed by atoms with Crippen molar-refractivity contribution in [1.29, 1.82) is 0 Å². The van der Waals surface area contributed by atoms with Gasteiger partial charge in [0.25, 0.3) is 0 Å². The molecular formula is C12H14BrN3O. The maximum Gasteiger partial charge on any atom is 0.328 e. The molecule has 2 rings (SSSR count). The van der Waals surface area contributed by atoms with E-state index in [0.717, 1.165) is 10.2 Å². The van der Waals surface area contributed by atoms with Crippen LogP contribution in [0.1, 0.15) is 25.6 Å². The summed E-state index contributed by atoms with van der Waals surface area (Å²) in [5, 5.41) is 0. The van der Waals surface area contributed by atoms with Gasteiger partial charge >= 0.3 is 5.69 Å². The molecule has 0 amide bonds. The number of imidazole rings is 1. The van der Waals surface area contributed by atoms with Gasteiger partial charge in [-0.25, -0.2) is 4.79 Å². The monoisotopic (exact) mass is 295 g/mol. The first-order chi connectivity index (χ1) is 8.08. The van der Waals surface area contributed by atoms with Gasteiger partial charge in [-0.3, -0.25) is 14.1 Å². The Morgan fingerprint density at radius 3 is 2.65 bits per heavy atom. The Hall–Kier alpha value is -1.36. The Bertz CT molecular complexity index is 554. The Labute approximate surface area is 108 Å². The van der Waals surface area contributed by atoms with Gasteiger partial charge in [-0.15, -0.1) is 0 Å². The highest BCUT2D eigenvalue weighted by Crippen LogP contribution is 2.08. The predicted molar refractivity (Wildman–Crippen MR) is 70.1 cm³/mol. The Balaban J connectivity index is 2.25. The molecule has 0 unspecified atom stereocenters. The molecule has 4 nitrogen and oxygen atoms in total. The maximum absolute atomic E-state index is 12.0. The van der Waals surface area contributed by atoms with Crippen LogP contribution in [-0.4, -0.2) is 14.1 Å². The van der Waals surface area contributed by atoms with Crippen LogP contribution >= 0.6 is 15.9 Å². The second-order valence-corrected chi connectivity index (χ2v) is 5.09. The largest absolute Gasteiger partial charge is 0.328 e. The van der Waals surface area contributed by atoms with Crippen molar-refractivity contribution in [3.8, 4) is 0 Å². The Morgan fingerprint density at radius 1 is 1.35 bits per heavy atom. The molecule has 0 N–H and O–H groups in total. The molecule has 0 aliphatic rings. The second kappa shape index (κ2) is 4.87. The quantitative estimate of drug-likeness (QED) is 0.872. The van der Waals surface area contributed by atoms with Gasteiger partial charge in [0.2, 0.25) is 0 Å². The van der Waals surface area contributed by atoms with E-state index >= 15 is 0 Å². The summed E-state index contributed by atoms with van der Waals surface area (Å²) in [6.45, 7) is 4.49. The third-order valence-corrected chi connectivity index (χ3v) is 3.02. The average Bonchev–Trinajstić information content (AvgIpc) is 2.64. The van der Waals surface area contributed by atoms with Crippen LogP contribution in [0.2, 0.25) is 0 Å². The zero-order valence-corrected chi connectivity index (χ0v) is 11.4. The molecule has 17 heavy (non-hydrogen) atoms. The van der Waals surface area contributed by atoms with Gasteiger partial charge in [0.05, 0.1) is 12.2 Å². The van der Waals surface area contributed by atoms with Gasteiger partial charge < -0.3 is 0 Å². The summed E-state index contributed by atoms with van der Waals surface area (Å²) in [5.74, 6) is 0. The normalized spacial score (nSPS) is 11.1. The van der Waals surface area contributed by atoms with Crippen molar-refractivity contribution in [1.82, 2.24) is 14.1 Å². The molecule has 0 bridgehead atoms. The van der Waals surface area contributed by atoms with E-state index in [2.05, 4.69) is 20.9 Å². The zero-order valence-electron chi connectivity index (χ0n) is 9.80. The van der Waals surface area contributed by atoms with E-state index in [1.807, 2.05) is 32.2 Å². The first-order valence-electron chi connectivity index (χ1n) is 5.45. The molecule has 0 spiro atoms. The number of halogens is 1. The minimum absolute atomic E-state index is 0.00437. The lowest BCUT2D eigenvalue weighted by atomic mass is 10.3. The van der Waals surface area contributed by atoms with Crippen LogP contribution in [0.15, 0.2) is 40.0 Å². The fourth-order valence-corrected chi connectivity index (χ4v) is 1.85. The van der Waals surface area contributed by atoms with Crippen LogP contribution in [0, 0.1) is 0 Å². The van der Waals surface area contributed by atoms with E-state index in [1.54, 1.807) is 21.5 Å². The molecule has 2 aromatic heterocycles. The van der Waals surface area contributed by atoms with Crippen LogP contribution in [0.25, 0.3) is 0 Å². The molecule has 0 aromatic carbocycles. The van der Waals surface area contributed by atoms with Gasteiger partial charge in [-0.2, -0.15) is 0 Å². The topological polar surface area (TPSA) is 39.8 Å². The first-order valence-corrected chi connectivity index (χ1v) is 6.25. The standard InChI is InChI=1S/C12H14BrN3O/c1-9(2)16-6-5-15(12(16)17)8-11-4-3-10(13)7-14-11/h3-7,9H,8H2,1-2H3. The summed E-state index contributed by atoms with van der Waals surface area (Å²) in [5.41, 5.74) is 0.876. The lowest BCUT2D eigenvalue weighted by Gasteiger charge is -2.04. The summed E-state index contributed by atoms with van der Waals surface area (Å²) in [4.78, 5) is 16.2. The van der Waals surface area contributed by atoms with E-state index in [-0.39, 0.29) is 11.7 Å². The smallest absolute Gasteiger partial charge is 0.297 e. The Morgan fingerprint density at radius 2 is 2.12 bits per heavy atom. The molecular weight excluding hydrogens is 282 g/mol. The molecule has 0 atom stereocenters. The fourth-order valence-electron chi connectivity index (χ4n) is 1.62. The fraction of sp³-hybridized carbons (Fsp3) is 0.333. The van der Waals surface area contributed by atoms with Crippen LogP contribution in [0.4, 0.5) is 0 Å². The third-order valence-electron chi connectivity index (χ3n) is 2.55. The SMILES string of the molecule is CC(C)n1ccn(Cc2ccc(Br)cn2)c1=O. The van der Waals surface area contributed by atoms with Crippen molar-refractivity contribution in [2.45, 2.75) is 26.4 Å². The van der Waals surface area contributed by atoms with Crippen molar-refractivity contribution in [3.63, 3.8) is 0 Å². The van der Waals surface area contributed by atoms with Crippen LogP contribution in [0.3, 0.4) is 0 Å². The molecule has 0 saturated carbocycles. The van der Waals surface area contributed by atoms with Crippen LogP contribution in [-0.2, 0) is 6.54 Å². The summed E-state index contributed by atoms with van der Waals surface area (Å²) < 4.78 is 4.31. The third kappa shape index (κ3) is 2.66. The highest BCUT2D eigenvalue weighted by atomic mass is 79.9. The van der Waals surface area contributed by atoms with Crippen LogP contribution < -0.4 is 5.69 Å². The number of rotatable bonds is 3. The van der Waals surface area contributed by atoms with E-state index in [9.17, 15) is 4.79 Å². The molecule has 2 heterocycles. The van der Waals surface area contributed by atoms with Crippen molar-refractivity contribution in [3.05, 3.63) is 51.4 Å². The van der Waals surface area contributed by atoms with Crippen molar-refractivity contribution < 1.29 is 0 Å². The molecule has 0 aliphatic heterocycles. The van der Waals surface area contributed by atoms with E-state index in [0.29, 0.717) is 6.54 Å². The van der Waals surface area contributed by atoms with Gasteiger partial charge in [0.15, 0.2) is 0 Å². The molecule has 0 saturated heterocycles. The molecule has 0 radical (unpaired) electrons.